The molecule has 7 nitrogen and oxygen atoms in total. The number of nitrogens with zero attached hydrogens (tertiary/aromatic N) is 3. The number of hydrogen-bond donors (Lipinski definition) is 2. The summed E-state index contributed by atoms with van der Waals surface area (Å²) in [6, 6.07) is 10.5. The van der Waals surface area contributed by atoms with E-state index in [-0.39, 0.29) is 5.41 Å². The second-order valence-electron chi connectivity index (χ2n) is 8.25. The fourth-order valence-corrected chi connectivity index (χ4v) is 4.15. The van der Waals surface area contributed by atoms with Gasteiger partial charge in [-0.05, 0) is 63.8 Å². The van der Waals surface area contributed by atoms with Crippen LogP contribution in [0.2, 0.25) is 0 Å². The van der Waals surface area contributed by atoms with Crippen LogP contribution in [-0.4, -0.2) is 55.7 Å². The summed E-state index contributed by atoms with van der Waals surface area (Å²) in [6.07, 6.45) is 2.93. The summed E-state index contributed by atoms with van der Waals surface area (Å²) in [5, 5.41) is 11.4. The van der Waals surface area contributed by atoms with Crippen LogP contribution < -0.4 is 15.4 Å². The van der Waals surface area contributed by atoms with Crippen molar-refractivity contribution in [3.05, 3.63) is 47.3 Å². The molecular weight excluding hydrogens is 390 g/mol. The summed E-state index contributed by atoms with van der Waals surface area (Å²) in [7, 11) is 1.70. The Morgan fingerprint density at radius 2 is 1.94 bits per heavy atom. The zero-order valence-corrected chi connectivity index (χ0v) is 19.4. The molecule has 0 radical (unpaired) electrons. The fourth-order valence-electron chi connectivity index (χ4n) is 4.15. The Kier molecular flexibility index (Phi) is 8.35. The van der Waals surface area contributed by atoms with Crippen molar-refractivity contribution in [2.75, 3.05) is 40.0 Å². The Morgan fingerprint density at radius 1 is 1.19 bits per heavy atom. The second-order valence-corrected chi connectivity index (χ2v) is 8.25. The van der Waals surface area contributed by atoms with Gasteiger partial charge in [0.25, 0.3) is 0 Å². The average molecular weight is 428 g/mol. The monoisotopic (exact) mass is 427 g/mol. The van der Waals surface area contributed by atoms with E-state index < -0.39 is 0 Å². The molecule has 1 aromatic heterocycles. The number of methoxy groups -OCH3 is 1. The average Bonchev–Trinajstić information content (AvgIpc) is 3.12. The number of aryl methyl sites for hydroxylation is 3. The fraction of sp³-hybridized carbons (Fsp3) is 0.583. The van der Waals surface area contributed by atoms with Crippen LogP contribution in [0.25, 0.3) is 0 Å². The van der Waals surface area contributed by atoms with E-state index in [9.17, 15) is 0 Å². The van der Waals surface area contributed by atoms with Gasteiger partial charge in [0.2, 0.25) is 0 Å². The molecule has 1 saturated heterocycles. The highest BCUT2D eigenvalue weighted by molar-refractivity contribution is 5.79. The molecule has 2 aromatic rings. The van der Waals surface area contributed by atoms with Crippen molar-refractivity contribution in [1.82, 2.24) is 20.4 Å². The lowest BCUT2D eigenvalue weighted by molar-refractivity contribution is 0.0531. The van der Waals surface area contributed by atoms with Crippen LogP contribution in [0.1, 0.15) is 43.1 Å². The maximum absolute atomic E-state index is 5.67. The number of nitrogens with one attached hydrogen (secondary N) is 2. The number of hydrogen-bond acceptors (Lipinski definition) is 4. The normalized spacial score (nSPS) is 16.2. The van der Waals surface area contributed by atoms with Gasteiger partial charge >= 0.3 is 0 Å². The molecule has 0 amide bonds. The summed E-state index contributed by atoms with van der Waals surface area (Å²) in [6.45, 7) is 11.1. The van der Waals surface area contributed by atoms with Crippen molar-refractivity contribution >= 4 is 5.96 Å². The highest BCUT2D eigenvalue weighted by Crippen LogP contribution is 2.36. The van der Waals surface area contributed by atoms with E-state index in [2.05, 4.69) is 52.5 Å². The third kappa shape index (κ3) is 6.23. The van der Waals surface area contributed by atoms with Crippen LogP contribution in [-0.2, 0) is 16.7 Å². The van der Waals surface area contributed by atoms with Gasteiger partial charge in [-0.25, -0.2) is 0 Å². The van der Waals surface area contributed by atoms with Crippen LogP contribution in [0, 0.1) is 13.8 Å². The molecule has 0 atom stereocenters. The van der Waals surface area contributed by atoms with Gasteiger partial charge in [-0.15, -0.1) is 0 Å². The highest BCUT2D eigenvalue weighted by atomic mass is 16.5. The van der Waals surface area contributed by atoms with Gasteiger partial charge in [-0.3, -0.25) is 9.67 Å². The molecule has 3 rings (SSSR count). The molecule has 1 fully saturated rings. The maximum atomic E-state index is 5.67. The zero-order chi connectivity index (χ0) is 22.1. The molecule has 1 aromatic carbocycles. The van der Waals surface area contributed by atoms with E-state index in [0.29, 0.717) is 0 Å². The van der Waals surface area contributed by atoms with Gasteiger partial charge in [0.15, 0.2) is 5.96 Å². The summed E-state index contributed by atoms with van der Waals surface area (Å²) in [5.41, 5.74) is 3.58. The number of guanidine groups is 1. The van der Waals surface area contributed by atoms with Gasteiger partial charge in [-0.1, -0.05) is 12.1 Å². The van der Waals surface area contributed by atoms with Crippen molar-refractivity contribution in [1.29, 1.82) is 0 Å². The van der Waals surface area contributed by atoms with Crippen LogP contribution in [0.4, 0.5) is 0 Å². The van der Waals surface area contributed by atoms with Crippen LogP contribution in [0.5, 0.6) is 5.75 Å². The zero-order valence-electron chi connectivity index (χ0n) is 19.4. The van der Waals surface area contributed by atoms with E-state index in [4.69, 9.17) is 14.5 Å². The van der Waals surface area contributed by atoms with Gasteiger partial charge in [-0.2, -0.15) is 5.10 Å². The number of rotatable bonds is 9. The van der Waals surface area contributed by atoms with Crippen molar-refractivity contribution in [3.63, 3.8) is 0 Å². The number of ether oxygens (including phenoxy) is 2. The Labute approximate surface area is 186 Å². The molecule has 0 aliphatic carbocycles. The molecule has 0 saturated carbocycles. The van der Waals surface area contributed by atoms with E-state index >= 15 is 0 Å². The van der Waals surface area contributed by atoms with Crippen molar-refractivity contribution in [2.45, 2.75) is 52.0 Å². The Bertz CT molecular complexity index is 838. The van der Waals surface area contributed by atoms with Gasteiger partial charge in [0.1, 0.15) is 5.75 Å². The molecule has 2 heterocycles. The van der Waals surface area contributed by atoms with E-state index in [1.807, 2.05) is 19.1 Å². The first-order valence-electron chi connectivity index (χ1n) is 11.3. The molecule has 0 bridgehead atoms. The maximum Gasteiger partial charge on any atom is 0.191 e. The first-order valence-corrected chi connectivity index (χ1v) is 11.3. The quantitative estimate of drug-likeness (QED) is 0.365. The first-order chi connectivity index (χ1) is 15.1. The van der Waals surface area contributed by atoms with Crippen molar-refractivity contribution in [3.8, 4) is 5.75 Å². The Balaban J connectivity index is 1.63. The van der Waals surface area contributed by atoms with Gasteiger partial charge < -0.3 is 20.1 Å². The molecule has 7 heteroatoms. The Hall–Kier alpha value is -2.54. The smallest absolute Gasteiger partial charge is 0.191 e. The molecule has 170 valence electrons. The van der Waals surface area contributed by atoms with Crippen molar-refractivity contribution < 1.29 is 9.47 Å². The summed E-state index contributed by atoms with van der Waals surface area (Å²) in [4.78, 5) is 4.98. The number of aliphatic imine (C=N–C) groups is 1. The van der Waals surface area contributed by atoms with E-state index in [1.54, 1.807) is 7.11 Å². The van der Waals surface area contributed by atoms with Crippen LogP contribution >= 0.6 is 0 Å². The predicted octanol–water partition coefficient (Wildman–Crippen LogP) is 3.20. The first kappa shape index (κ1) is 23.1. The number of aromatic nitrogens is 2. The van der Waals surface area contributed by atoms with E-state index in [0.717, 1.165) is 76.1 Å². The topological polar surface area (TPSA) is 72.7 Å². The van der Waals surface area contributed by atoms with Gasteiger partial charge in [0, 0.05) is 44.0 Å². The van der Waals surface area contributed by atoms with E-state index in [1.165, 1.54) is 11.3 Å². The minimum absolute atomic E-state index is 0.00340. The lowest BCUT2D eigenvalue weighted by Gasteiger charge is -2.36. The van der Waals surface area contributed by atoms with Crippen LogP contribution in [0.3, 0.4) is 0 Å². The summed E-state index contributed by atoms with van der Waals surface area (Å²) in [5.74, 6) is 1.75. The lowest BCUT2D eigenvalue weighted by Crippen LogP contribution is -2.41. The SMILES string of the molecule is CCNC(=NCC1(c2ccc(OC)cc2)CCOCC1)NCCCn1nc(C)cc1C. The second kappa shape index (κ2) is 11.2. The predicted molar refractivity (Wildman–Crippen MR) is 125 cm³/mol. The third-order valence-electron chi connectivity index (χ3n) is 5.98. The minimum atomic E-state index is -0.00340. The standard InChI is InChI=1S/C24H37N5O2/c1-5-25-23(26-13-6-14-29-20(3)17-19(2)28-29)27-18-24(11-15-31-16-12-24)21-7-9-22(30-4)10-8-21/h7-10,17H,5-6,11-16,18H2,1-4H3,(H2,25,26,27). The minimum Gasteiger partial charge on any atom is -0.497 e. The summed E-state index contributed by atoms with van der Waals surface area (Å²) >= 11 is 0. The Morgan fingerprint density at radius 3 is 2.55 bits per heavy atom. The molecule has 1 aliphatic rings. The molecule has 0 spiro atoms. The molecule has 1 aliphatic heterocycles. The van der Waals surface area contributed by atoms with Crippen LogP contribution in [0.15, 0.2) is 35.3 Å². The third-order valence-corrected chi connectivity index (χ3v) is 5.98. The van der Waals surface area contributed by atoms with Crippen molar-refractivity contribution in [2.24, 2.45) is 4.99 Å². The molecular formula is C24H37N5O2. The molecule has 0 unspecified atom stereocenters. The number of benzene rings is 1. The summed E-state index contributed by atoms with van der Waals surface area (Å²) < 4.78 is 13.1. The highest BCUT2D eigenvalue weighted by Gasteiger charge is 2.34. The van der Waals surface area contributed by atoms with Gasteiger partial charge in [0.05, 0.1) is 19.3 Å². The largest absolute Gasteiger partial charge is 0.497 e. The molecule has 2 N–H and O–H groups in total. The molecule has 31 heavy (non-hydrogen) atoms. The lowest BCUT2D eigenvalue weighted by atomic mass is 9.74.